The number of hydrogen-bond acceptors (Lipinski definition) is 3. The number of aromatic amines is 1. The molecule has 4 nitrogen and oxygen atoms in total. The molecule has 1 atom stereocenters. The van der Waals surface area contributed by atoms with E-state index in [9.17, 15) is 0 Å². The van der Waals surface area contributed by atoms with Gasteiger partial charge in [-0.1, -0.05) is 12.8 Å². The van der Waals surface area contributed by atoms with Crippen LogP contribution in [0.2, 0.25) is 0 Å². The molecule has 1 unspecified atom stereocenters. The summed E-state index contributed by atoms with van der Waals surface area (Å²) in [7, 11) is 0. The fourth-order valence-corrected chi connectivity index (χ4v) is 2.07. The lowest BCUT2D eigenvalue weighted by atomic mass is 10.1. The van der Waals surface area contributed by atoms with E-state index in [1.165, 1.54) is 31.4 Å². The second kappa shape index (κ2) is 4.11. The van der Waals surface area contributed by atoms with Crippen LogP contribution < -0.4 is 5.73 Å². The number of nitrogens with one attached hydrogen (secondary N) is 1. The van der Waals surface area contributed by atoms with E-state index in [4.69, 9.17) is 10.8 Å². The average Bonchev–Trinajstić information content (AvgIpc) is 2.86. The van der Waals surface area contributed by atoms with E-state index in [2.05, 4.69) is 9.97 Å². The molecule has 78 valence electrons. The standard InChI is InChI=1S/C10H17N3O/c11-8(6-14)10-12-5-9(13-10)7-3-1-2-4-7/h5,7-8,14H,1-4,6,11H2,(H,12,13). The maximum absolute atomic E-state index is 8.88. The Morgan fingerprint density at radius 1 is 1.57 bits per heavy atom. The van der Waals surface area contributed by atoms with Crippen LogP contribution >= 0.6 is 0 Å². The molecule has 0 saturated heterocycles. The van der Waals surface area contributed by atoms with Crippen molar-refractivity contribution in [2.45, 2.75) is 37.6 Å². The summed E-state index contributed by atoms with van der Waals surface area (Å²) in [6.45, 7) is -0.0579. The van der Waals surface area contributed by atoms with E-state index in [-0.39, 0.29) is 12.6 Å². The monoisotopic (exact) mass is 195 g/mol. The van der Waals surface area contributed by atoms with Crippen molar-refractivity contribution in [3.05, 3.63) is 17.7 Å². The lowest BCUT2D eigenvalue weighted by Crippen LogP contribution is -2.16. The number of aromatic nitrogens is 2. The van der Waals surface area contributed by atoms with Gasteiger partial charge in [0.05, 0.1) is 12.6 Å². The topological polar surface area (TPSA) is 74.9 Å². The van der Waals surface area contributed by atoms with Crippen LogP contribution in [0.25, 0.3) is 0 Å². The van der Waals surface area contributed by atoms with Crippen molar-refractivity contribution in [3.8, 4) is 0 Å². The highest BCUT2D eigenvalue weighted by Gasteiger charge is 2.19. The van der Waals surface area contributed by atoms with Crippen LogP contribution in [-0.2, 0) is 0 Å². The summed E-state index contributed by atoms with van der Waals surface area (Å²) in [4.78, 5) is 7.40. The Morgan fingerprint density at radius 2 is 2.29 bits per heavy atom. The van der Waals surface area contributed by atoms with Crippen LogP contribution in [-0.4, -0.2) is 21.7 Å². The van der Waals surface area contributed by atoms with Crippen LogP contribution in [0.1, 0.15) is 49.2 Å². The first-order chi connectivity index (χ1) is 6.81. The van der Waals surface area contributed by atoms with Crippen molar-refractivity contribution < 1.29 is 5.11 Å². The Bertz CT molecular complexity index is 291. The molecule has 4 N–H and O–H groups in total. The summed E-state index contributed by atoms with van der Waals surface area (Å²) in [5.74, 6) is 1.33. The fraction of sp³-hybridized carbons (Fsp3) is 0.700. The molecule has 0 spiro atoms. The van der Waals surface area contributed by atoms with Crippen molar-refractivity contribution in [1.82, 2.24) is 9.97 Å². The highest BCUT2D eigenvalue weighted by Crippen LogP contribution is 2.33. The van der Waals surface area contributed by atoms with Gasteiger partial charge in [-0.05, 0) is 12.8 Å². The van der Waals surface area contributed by atoms with Gasteiger partial charge in [-0.15, -0.1) is 0 Å². The molecule has 0 radical (unpaired) electrons. The second-order valence-corrected chi connectivity index (χ2v) is 3.99. The van der Waals surface area contributed by atoms with E-state index < -0.39 is 0 Å². The maximum atomic E-state index is 8.88. The summed E-state index contributed by atoms with van der Waals surface area (Å²) in [6.07, 6.45) is 6.98. The molecule has 14 heavy (non-hydrogen) atoms. The Balaban J connectivity index is 2.08. The molecular formula is C10H17N3O. The minimum atomic E-state index is -0.370. The smallest absolute Gasteiger partial charge is 0.125 e. The molecule has 1 heterocycles. The first-order valence-corrected chi connectivity index (χ1v) is 5.22. The van der Waals surface area contributed by atoms with Crippen molar-refractivity contribution in [1.29, 1.82) is 0 Å². The first kappa shape index (κ1) is 9.68. The van der Waals surface area contributed by atoms with Crippen LogP contribution in [0.15, 0.2) is 6.20 Å². The molecule has 0 aliphatic heterocycles. The largest absolute Gasteiger partial charge is 0.394 e. The minimum absolute atomic E-state index is 0.0579. The highest BCUT2D eigenvalue weighted by molar-refractivity contribution is 5.10. The van der Waals surface area contributed by atoms with E-state index in [1.54, 1.807) is 0 Å². The van der Waals surface area contributed by atoms with Crippen LogP contribution in [0, 0.1) is 0 Å². The average molecular weight is 195 g/mol. The van der Waals surface area contributed by atoms with Crippen molar-refractivity contribution in [2.24, 2.45) is 5.73 Å². The predicted octanol–water partition coefficient (Wildman–Crippen LogP) is 1.06. The fourth-order valence-electron chi connectivity index (χ4n) is 2.07. The lowest BCUT2D eigenvalue weighted by molar-refractivity contribution is 0.264. The van der Waals surface area contributed by atoms with Crippen LogP contribution in [0.4, 0.5) is 0 Å². The SMILES string of the molecule is NC(CO)c1ncc(C2CCCC2)[nH]1. The zero-order valence-corrected chi connectivity index (χ0v) is 8.24. The Labute approximate surface area is 83.5 Å². The third-order valence-corrected chi connectivity index (χ3v) is 2.96. The van der Waals surface area contributed by atoms with Gasteiger partial charge in [0.25, 0.3) is 0 Å². The number of nitrogens with zero attached hydrogens (tertiary/aromatic N) is 1. The molecule has 1 fully saturated rings. The molecule has 0 bridgehead atoms. The highest BCUT2D eigenvalue weighted by atomic mass is 16.3. The summed E-state index contributed by atoms with van der Waals surface area (Å²) in [5.41, 5.74) is 6.84. The van der Waals surface area contributed by atoms with E-state index in [0.717, 1.165) is 0 Å². The van der Waals surface area contributed by atoms with Gasteiger partial charge in [-0.25, -0.2) is 4.98 Å². The minimum Gasteiger partial charge on any atom is -0.394 e. The lowest BCUT2D eigenvalue weighted by Gasteiger charge is -2.06. The number of hydrogen-bond donors (Lipinski definition) is 3. The van der Waals surface area contributed by atoms with Crippen molar-refractivity contribution >= 4 is 0 Å². The van der Waals surface area contributed by atoms with E-state index >= 15 is 0 Å². The summed E-state index contributed by atoms with van der Waals surface area (Å²) >= 11 is 0. The van der Waals surface area contributed by atoms with Crippen molar-refractivity contribution in [2.75, 3.05) is 6.61 Å². The van der Waals surface area contributed by atoms with Gasteiger partial charge in [0, 0.05) is 17.8 Å². The molecule has 2 rings (SSSR count). The number of H-pyrrole nitrogens is 1. The molecule has 0 amide bonds. The van der Waals surface area contributed by atoms with E-state index in [1.807, 2.05) is 6.20 Å². The third-order valence-electron chi connectivity index (χ3n) is 2.96. The third kappa shape index (κ3) is 1.81. The van der Waals surface area contributed by atoms with Gasteiger partial charge in [0.1, 0.15) is 5.82 Å². The number of rotatable bonds is 3. The molecule has 4 heteroatoms. The predicted molar refractivity (Wildman–Crippen MR) is 53.8 cm³/mol. The van der Waals surface area contributed by atoms with Gasteiger partial charge in [-0.2, -0.15) is 0 Å². The summed E-state index contributed by atoms with van der Waals surface area (Å²) < 4.78 is 0. The van der Waals surface area contributed by atoms with Crippen LogP contribution in [0.5, 0.6) is 0 Å². The van der Waals surface area contributed by atoms with Gasteiger partial charge < -0.3 is 15.8 Å². The van der Waals surface area contributed by atoms with Gasteiger partial charge >= 0.3 is 0 Å². The zero-order chi connectivity index (χ0) is 9.97. The number of nitrogens with two attached hydrogens (primary N) is 1. The Morgan fingerprint density at radius 3 is 2.93 bits per heavy atom. The van der Waals surface area contributed by atoms with Gasteiger partial charge in [-0.3, -0.25) is 0 Å². The molecule has 1 aliphatic carbocycles. The van der Waals surface area contributed by atoms with E-state index in [0.29, 0.717) is 11.7 Å². The molecule has 1 saturated carbocycles. The van der Waals surface area contributed by atoms with Gasteiger partial charge in [0.2, 0.25) is 0 Å². The number of aliphatic hydroxyl groups is 1. The number of aliphatic hydroxyl groups excluding tert-OH is 1. The summed E-state index contributed by atoms with van der Waals surface area (Å²) in [5, 5.41) is 8.88. The normalized spacial score (nSPS) is 20.1. The Hall–Kier alpha value is -0.870. The molecule has 0 aromatic carbocycles. The number of imidazole rings is 1. The van der Waals surface area contributed by atoms with Crippen molar-refractivity contribution in [3.63, 3.8) is 0 Å². The molecular weight excluding hydrogens is 178 g/mol. The molecule has 1 aliphatic rings. The Kier molecular flexibility index (Phi) is 2.84. The van der Waals surface area contributed by atoms with Gasteiger partial charge in [0.15, 0.2) is 0 Å². The maximum Gasteiger partial charge on any atom is 0.125 e. The quantitative estimate of drug-likeness (QED) is 0.675. The first-order valence-electron chi connectivity index (χ1n) is 5.22. The van der Waals surface area contributed by atoms with Crippen LogP contribution in [0.3, 0.4) is 0 Å². The molecule has 1 aromatic rings. The zero-order valence-electron chi connectivity index (χ0n) is 8.24. The second-order valence-electron chi connectivity index (χ2n) is 3.99. The summed E-state index contributed by atoms with van der Waals surface area (Å²) in [6, 6.07) is -0.370. The molecule has 1 aromatic heterocycles.